The van der Waals surface area contributed by atoms with E-state index < -0.39 is 0 Å². The fourth-order valence-electron chi connectivity index (χ4n) is 2.21. The molecule has 0 aliphatic carbocycles. The van der Waals surface area contributed by atoms with Crippen molar-refractivity contribution < 1.29 is 4.79 Å². The van der Waals surface area contributed by atoms with Gasteiger partial charge in [0, 0.05) is 20.0 Å². The van der Waals surface area contributed by atoms with E-state index in [0.717, 1.165) is 13.1 Å². The Balaban J connectivity index is 2.16. The summed E-state index contributed by atoms with van der Waals surface area (Å²) in [5.74, 6) is 0.0285. The molecule has 3 heteroatoms. The fraction of sp³-hybridized carbons (Fsp3) is 0.462. The summed E-state index contributed by atoms with van der Waals surface area (Å²) in [5.41, 5.74) is 1.17. The number of hydrogen-bond acceptors (Lipinski definition) is 2. The van der Waals surface area contributed by atoms with E-state index in [9.17, 15) is 4.79 Å². The second-order valence-corrected chi connectivity index (χ2v) is 4.26. The summed E-state index contributed by atoms with van der Waals surface area (Å²) in [4.78, 5) is 13.6. The Hall–Kier alpha value is -1.35. The van der Waals surface area contributed by atoms with E-state index in [1.165, 1.54) is 18.4 Å². The Morgan fingerprint density at radius 3 is 2.44 bits per heavy atom. The van der Waals surface area contributed by atoms with Crippen LogP contribution in [0.1, 0.15) is 31.5 Å². The average Bonchev–Trinajstić information content (AvgIpc) is 2.80. The third kappa shape index (κ3) is 2.61. The molecule has 1 saturated heterocycles. The number of rotatable bonds is 3. The van der Waals surface area contributed by atoms with Crippen LogP contribution in [0.5, 0.6) is 0 Å². The summed E-state index contributed by atoms with van der Waals surface area (Å²) in [6, 6.07) is 10.2. The topological polar surface area (TPSA) is 32.3 Å². The highest BCUT2D eigenvalue weighted by Crippen LogP contribution is 2.22. The molecule has 2 rings (SSSR count). The molecule has 1 unspecified atom stereocenters. The minimum atomic E-state index is 0.0285. The molecule has 0 bridgehead atoms. The zero-order valence-corrected chi connectivity index (χ0v) is 9.65. The van der Waals surface area contributed by atoms with Gasteiger partial charge in [0.15, 0.2) is 0 Å². The molecule has 3 nitrogen and oxygen atoms in total. The molecule has 0 spiro atoms. The second kappa shape index (κ2) is 5.12. The molecule has 1 aromatic carbocycles. The van der Waals surface area contributed by atoms with Gasteiger partial charge in [-0.15, -0.1) is 0 Å². The molecule has 0 radical (unpaired) electrons. The number of carbonyl (C=O) groups excluding carboxylic acids is 1. The number of likely N-dealkylation sites (tertiary alicyclic amines) is 1. The van der Waals surface area contributed by atoms with Crippen LogP contribution in [0.2, 0.25) is 0 Å². The van der Waals surface area contributed by atoms with Gasteiger partial charge in [0.25, 0.3) is 0 Å². The van der Waals surface area contributed by atoms with E-state index in [0.29, 0.717) is 0 Å². The van der Waals surface area contributed by atoms with Crippen LogP contribution in [0.3, 0.4) is 0 Å². The van der Waals surface area contributed by atoms with Gasteiger partial charge in [-0.3, -0.25) is 9.69 Å². The van der Waals surface area contributed by atoms with Crippen LogP contribution in [-0.2, 0) is 4.79 Å². The van der Waals surface area contributed by atoms with Gasteiger partial charge in [-0.1, -0.05) is 30.3 Å². The summed E-state index contributed by atoms with van der Waals surface area (Å²) in [6.07, 6.45) is 2.49. The van der Waals surface area contributed by atoms with Gasteiger partial charge in [0.05, 0.1) is 0 Å². The first-order valence-corrected chi connectivity index (χ1v) is 5.83. The van der Waals surface area contributed by atoms with Crippen LogP contribution < -0.4 is 5.32 Å². The lowest BCUT2D eigenvalue weighted by Crippen LogP contribution is -2.38. The third-order valence-electron chi connectivity index (χ3n) is 2.96. The van der Waals surface area contributed by atoms with Crippen LogP contribution in [0, 0.1) is 0 Å². The predicted octanol–water partition coefficient (Wildman–Crippen LogP) is 1.92. The first-order chi connectivity index (χ1) is 7.77. The van der Waals surface area contributed by atoms with Crippen LogP contribution in [0.15, 0.2) is 30.3 Å². The van der Waals surface area contributed by atoms with Crippen LogP contribution in [-0.4, -0.2) is 23.9 Å². The van der Waals surface area contributed by atoms with E-state index in [2.05, 4.69) is 22.3 Å². The number of carbonyl (C=O) groups is 1. The molecule has 1 heterocycles. The maximum Gasteiger partial charge on any atom is 0.218 e. The summed E-state index contributed by atoms with van der Waals surface area (Å²) in [5, 5.41) is 3.03. The Labute approximate surface area is 96.5 Å². The number of nitrogens with zero attached hydrogens (tertiary/aromatic N) is 1. The first-order valence-electron chi connectivity index (χ1n) is 5.83. The highest BCUT2D eigenvalue weighted by molar-refractivity contribution is 5.73. The maximum absolute atomic E-state index is 11.2. The molecule has 1 amide bonds. The maximum atomic E-state index is 11.2. The highest BCUT2D eigenvalue weighted by atomic mass is 16.1. The van der Waals surface area contributed by atoms with Crippen molar-refractivity contribution in [1.29, 1.82) is 0 Å². The van der Waals surface area contributed by atoms with E-state index in [-0.39, 0.29) is 12.1 Å². The molecule has 1 aliphatic heterocycles. The van der Waals surface area contributed by atoms with Gasteiger partial charge < -0.3 is 5.32 Å². The zero-order chi connectivity index (χ0) is 11.4. The molecule has 86 valence electrons. The van der Waals surface area contributed by atoms with Gasteiger partial charge >= 0.3 is 0 Å². The van der Waals surface area contributed by atoms with Crippen molar-refractivity contribution in [3.8, 4) is 0 Å². The third-order valence-corrected chi connectivity index (χ3v) is 2.96. The van der Waals surface area contributed by atoms with Crippen molar-refractivity contribution in [3.05, 3.63) is 35.9 Å². The second-order valence-electron chi connectivity index (χ2n) is 4.26. The van der Waals surface area contributed by atoms with Crippen LogP contribution in [0.25, 0.3) is 0 Å². The highest BCUT2D eigenvalue weighted by Gasteiger charge is 2.23. The largest absolute Gasteiger partial charge is 0.337 e. The Morgan fingerprint density at radius 1 is 1.25 bits per heavy atom. The van der Waals surface area contributed by atoms with E-state index in [4.69, 9.17) is 0 Å². The van der Waals surface area contributed by atoms with Gasteiger partial charge in [0.1, 0.15) is 6.17 Å². The van der Waals surface area contributed by atoms with E-state index in [1.807, 2.05) is 18.2 Å². The molecular weight excluding hydrogens is 200 g/mol. The van der Waals surface area contributed by atoms with Crippen molar-refractivity contribution in [2.45, 2.75) is 25.9 Å². The van der Waals surface area contributed by atoms with Crippen molar-refractivity contribution in [1.82, 2.24) is 10.2 Å². The standard InChI is InChI=1S/C13H18N2O/c1-11(16)14-13(15-9-5-6-10-15)12-7-3-2-4-8-12/h2-4,7-8,13H,5-6,9-10H2,1H3,(H,14,16). The van der Waals surface area contributed by atoms with Crippen molar-refractivity contribution in [2.24, 2.45) is 0 Å². The predicted molar refractivity (Wildman–Crippen MR) is 63.8 cm³/mol. The minimum absolute atomic E-state index is 0.0285. The molecule has 1 N–H and O–H groups in total. The van der Waals surface area contributed by atoms with E-state index >= 15 is 0 Å². The molecule has 16 heavy (non-hydrogen) atoms. The monoisotopic (exact) mass is 218 g/mol. The quantitative estimate of drug-likeness (QED) is 0.840. The molecule has 1 aromatic rings. The smallest absolute Gasteiger partial charge is 0.218 e. The Morgan fingerprint density at radius 2 is 1.88 bits per heavy atom. The first kappa shape index (κ1) is 11.1. The number of hydrogen-bond donors (Lipinski definition) is 1. The van der Waals surface area contributed by atoms with E-state index in [1.54, 1.807) is 6.92 Å². The van der Waals surface area contributed by atoms with Crippen LogP contribution in [0.4, 0.5) is 0 Å². The summed E-state index contributed by atoms with van der Waals surface area (Å²) in [6.45, 7) is 3.71. The lowest BCUT2D eigenvalue weighted by Gasteiger charge is -2.28. The lowest BCUT2D eigenvalue weighted by atomic mass is 10.1. The van der Waals surface area contributed by atoms with Gasteiger partial charge in [-0.25, -0.2) is 0 Å². The Bertz CT molecular complexity index is 344. The van der Waals surface area contributed by atoms with Crippen LogP contribution >= 0.6 is 0 Å². The number of nitrogens with one attached hydrogen (secondary N) is 1. The Kier molecular flexibility index (Phi) is 3.57. The van der Waals surface area contributed by atoms with Gasteiger partial charge in [0.2, 0.25) is 5.91 Å². The van der Waals surface area contributed by atoms with Crippen molar-refractivity contribution in [3.63, 3.8) is 0 Å². The zero-order valence-electron chi connectivity index (χ0n) is 9.65. The SMILES string of the molecule is CC(=O)NC(c1ccccc1)N1CCCC1. The molecule has 0 aromatic heterocycles. The summed E-state index contributed by atoms with van der Waals surface area (Å²) >= 11 is 0. The fourth-order valence-corrected chi connectivity index (χ4v) is 2.21. The molecule has 1 aliphatic rings. The summed E-state index contributed by atoms with van der Waals surface area (Å²) < 4.78 is 0. The lowest BCUT2D eigenvalue weighted by molar-refractivity contribution is -0.120. The van der Waals surface area contributed by atoms with Gasteiger partial charge in [-0.05, 0) is 18.4 Å². The molecule has 1 fully saturated rings. The minimum Gasteiger partial charge on any atom is -0.337 e. The van der Waals surface area contributed by atoms with Crippen molar-refractivity contribution in [2.75, 3.05) is 13.1 Å². The summed E-state index contributed by atoms with van der Waals surface area (Å²) in [7, 11) is 0. The number of benzene rings is 1. The molecule has 1 atom stereocenters. The normalized spacial score (nSPS) is 18.3. The van der Waals surface area contributed by atoms with Gasteiger partial charge in [-0.2, -0.15) is 0 Å². The molecule has 0 saturated carbocycles. The number of amides is 1. The molecular formula is C13H18N2O. The average molecular weight is 218 g/mol. The van der Waals surface area contributed by atoms with Crippen molar-refractivity contribution >= 4 is 5.91 Å².